The van der Waals surface area contributed by atoms with Crippen molar-refractivity contribution < 1.29 is 9.53 Å². The molecule has 1 saturated heterocycles. The maximum atomic E-state index is 12.5. The number of rotatable bonds is 7. The first-order valence-electron chi connectivity index (χ1n) is 9.51. The van der Waals surface area contributed by atoms with E-state index < -0.39 is 0 Å². The van der Waals surface area contributed by atoms with Gasteiger partial charge in [-0.15, -0.1) is 0 Å². The number of hydrogen-bond donors (Lipinski definition) is 2. The molecule has 1 aromatic carbocycles. The van der Waals surface area contributed by atoms with Crippen LogP contribution in [0.25, 0.3) is 0 Å². The van der Waals surface area contributed by atoms with Crippen LogP contribution in [0.2, 0.25) is 0 Å². The molecule has 146 valence electrons. The maximum Gasteiger partial charge on any atom is 0.319 e. The van der Waals surface area contributed by atoms with Gasteiger partial charge >= 0.3 is 6.03 Å². The molecule has 3 rings (SSSR count). The monoisotopic (exact) mass is 371 g/mol. The van der Waals surface area contributed by atoms with E-state index in [4.69, 9.17) is 4.74 Å². The number of urea groups is 1. The Morgan fingerprint density at radius 2 is 1.96 bits per heavy atom. The van der Waals surface area contributed by atoms with Crippen LogP contribution in [0.3, 0.4) is 0 Å². The number of nitrogens with zero attached hydrogens (tertiary/aromatic N) is 3. The third-order valence-corrected chi connectivity index (χ3v) is 5.06. The highest BCUT2D eigenvalue weighted by Crippen LogP contribution is 2.28. The Balaban J connectivity index is 1.62. The summed E-state index contributed by atoms with van der Waals surface area (Å²) in [7, 11) is 1.68. The Morgan fingerprint density at radius 3 is 2.70 bits per heavy atom. The number of para-hydroxylation sites is 2. The lowest BCUT2D eigenvalue weighted by Gasteiger charge is -2.21. The second-order valence-corrected chi connectivity index (χ2v) is 6.88. The summed E-state index contributed by atoms with van der Waals surface area (Å²) >= 11 is 0. The number of aromatic nitrogens is 2. The third kappa shape index (κ3) is 4.60. The standard InChI is InChI=1S/C20H29N5O2/c1-15-17(16(2)25(23-15)12-13-27-3)14-21-20(26)22-18-8-4-5-9-19(18)24-10-6-7-11-24/h4-5,8-9H,6-7,10-14H2,1-3H3,(H2,21,22,26). The van der Waals surface area contributed by atoms with Gasteiger partial charge in [0.05, 0.1) is 30.2 Å². The van der Waals surface area contributed by atoms with E-state index in [1.54, 1.807) is 7.11 Å². The van der Waals surface area contributed by atoms with Gasteiger partial charge in [0.1, 0.15) is 0 Å². The number of methoxy groups -OCH3 is 1. The summed E-state index contributed by atoms with van der Waals surface area (Å²) in [6, 6.07) is 7.77. The van der Waals surface area contributed by atoms with E-state index in [9.17, 15) is 4.79 Å². The summed E-state index contributed by atoms with van der Waals surface area (Å²) in [5.41, 5.74) is 4.98. The smallest absolute Gasteiger partial charge is 0.319 e. The molecule has 1 aliphatic rings. The molecule has 0 radical (unpaired) electrons. The first-order valence-corrected chi connectivity index (χ1v) is 9.51. The van der Waals surface area contributed by atoms with E-state index in [-0.39, 0.29) is 6.03 Å². The van der Waals surface area contributed by atoms with Gasteiger partial charge in [0.15, 0.2) is 0 Å². The van der Waals surface area contributed by atoms with Gasteiger partial charge in [0.2, 0.25) is 0 Å². The van der Waals surface area contributed by atoms with Gasteiger partial charge in [-0.05, 0) is 38.8 Å². The van der Waals surface area contributed by atoms with Crippen molar-refractivity contribution in [3.63, 3.8) is 0 Å². The molecular weight excluding hydrogens is 342 g/mol. The molecule has 1 aliphatic heterocycles. The summed E-state index contributed by atoms with van der Waals surface area (Å²) in [4.78, 5) is 14.8. The molecule has 2 N–H and O–H groups in total. The Hall–Kier alpha value is -2.54. The highest BCUT2D eigenvalue weighted by atomic mass is 16.5. The van der Waals surface area contributed by atoms with Crippen molar-refractivity contribution in [2.45, 2.75) is 39.8 Å². The van der Waals surface area contributed by atoms with Crippen molar-refractivity contribution in [2.75, 3.05) is 37.0 Å². The number of nitrogens with one attached hydrogen (secondary N) is 2. The van der Waals surface area contributed by atoms with Crippen molar-refractivity contribution in [2.24, 2.45) is 0 Å². The molecule has 27 heavy (non-hydrogen) atoms. The fourth-order valence-corrected chi connectivity index (χ4v) is 3.53. The molecule has 2 aromatic rings. The Labute approximate surface area is 160 Å². The fourth-order valence-electron chi connectivity index (χ4n) is 3.53. The molecule has 2 heterocycles. The maximum absolute atomic E-state index is 12.5. The average Bonchev–Trinajstić information content (AvgIpc) is 3.28. The normalized spacial score (nSPS) is 13.8. The Kier molecular flexibility index (Phi) is 6.34. The molecule has 0 unspecified atom stereocenters. The first kappa shape index (κ1) is 19.2. The summed E-state index contributed by atoms with van der Waals surface area (Å²) in [5.74, 6) is 0. The number of ether oxygens (including phenoxy) is 1. The number of aryl methyl sites for hydroxylation is 1. The molecule has 0 bridgehead atoms. The van der Waals surface area contributed by atoms with Crippen LogP contribution in [0.4, 0.5) is 16.2 Å². The van der Waals surface area contributed by atoms with Crippen LogP contribution >= 0.6 is 0 Å². The molecule has 1 fully saturated rings. The third-order valence-electron chi connectivity index (χ3n) is 5.06. The van der Waals surface area contributed by atoms with E-state index in [1.165, 1.54) is 12.8 Å². The quantitative estimate of drug-likeness (QED) is 0.785. The van der Waals surface area contributed by atoms with E-state index in [2.05, 4.69) is 26.7 Å². The fraction of sp³-hybridized carbons (Fsp3) is 0.500. The summed E-state index contributed by atoms with van der Waals surface area (Å²) < 4.78 is 7.05. The number of anilines is 2. The van der Waals surface area contributed by atoms with E-state index in [1.807, 2.05) is 36.7 Å². The van der Waals surface area contributed by atoms with Gasteiger partial charge in [0, 0.05) is 38.0 Å². The van der Waals surface area contributed by atoms with Crippen molar-refractivity contribution >= 4 is 17.4 Å². The van der Waals surface area contributed by atoms with Gasteiger partial charge in [0.25, 0.3) is 0 Å². The van der Waals surface area contributed by atoms with Crippen LogP contribution in [0.15, 0.2) is 24.3 Å². The zero-order valence-corrected chi connectivity index (χ0v) is 16.4. The van der Waals surface area contributed by atoms with Crippen LogP contribution < -0.4 is 15.5 Å². The lowest BCUT2D eigenvalue weighted by Crippen LogP contribution is -2.30. The SMILES string of the molecule is COCCn1nc(C)c(CNC(=O)Nc2ccccc2N2CCCC2)c1C. The van der Waals surface area contributed by atoms with Crippen molar-refractivity contribution in [3.8, 4) is 0 Å². The highest BCUT2D eigenvalue weighted by molar-refractivity contribution is 5.93. The molecule has 7 heteroatoms. The Morgan fingerprint density at radius 1 is 1.22 bits per heavy atom. The highest BCUT2D eigenvalue weighted by Gasteiger charge is 2.17. The van der Waals surface area contributed by atoms with Gasteiger partial charge in [-0.25, -0.2) is 4.79 Å². The molecular formula is C20H29N5O2. The van der Waals surface area contributed by atoms with Crippen LogP contribution in [-0.4, -0.2) is 42.6 Å². The van der Waals surface area contributed by atoms with Gasteiger partial charge in [-0.3, -0.25) is 4.68 Å². The van der Waals surface area contributed by atoms with Gasteiger partial charge < -0.3 is 20.3 Å². The molecule has 0 spiro atoms. The summed E-state index contributed by atoms with van der Waals surface area (Å²) in [5, 5.41) is 10.5. The molecule has 0 saturated carbocycles. The number of hydrogen-bond acceptors (Lipinski definition) is 4. The second kappa shape index (κ2) is 8.90. The predicted molar refractivity (Wildman–Crippen MR) is 107 cm³/mol. The van der Waals surface area contributed by atoms with E-state index in [0.29, 0.717) is 19.7 Å². The number of benzene rings is 1. The zero-order valence-electron chi connectivity index (χ0n) is 16.4. The van der Waals surface area contributed by atoms with Crippen LogP contribution in [0.1, 0.15) is 29.8 Å². The zero-order chi connectivity index (χ0) is 19.2. The summed E-state index contributed by atoms with van der Waals surface area (Å²) in [6.45, 7) is 7.84. The van der Waals surface area contributed by atoms with Crippen molar-refractivity contribution in [1.29, 1.82) is 0 Å². The first-order chi connectivity index (χ1) is 13.1. The van der Waals surface area contributed by atoms with Crippen LogP contribution in [0, 0.1) is 13.8 Å². The lowest BCUT2D eigenvalue weighted by molar-refractivity contribution is 0.182. The number of carbonyl (C=O) groups is 1. The number of carbonyl (C=O) groups excluding carboxylic acids is 1. The van der Waals surface area contributed by atoms with E-state index >= 15 is 0 Å². The van der Waals surface area contributed by atoms with E-state index in [0.717, 1.165) is 41.4 Å². The molecule has 0 aliphatic carbocycles. The van der Waals surface area contributed by atoms with Crippen molar-refractivity contribution in [3.05, 3.63) is 41.2 Å². The second-order valence-electron chi connectivity index (χ2n) is 6.88. The minimum atomic E-state index is -0.204. The average molecular weight is 371 g/mol. The van der Waals surface area contributed by atoms with Gasteiger partial charge in [-0.2, -0.15) is 5.10 Å². The number of amides is 2. The minimum Gasteiger partial charge on any atom is -0.383 e. The Bertz CT molecular complexity index is 781. The van der Waals surface area contributed by atoms with Gasteiger partial charge in [-0.1, -0.05) is 12.1 Å². The largest absolute Gasteiger partial charge is 0.383 e. The van der Waals surface area contributed by atoms with Crippen LogP contribution in [-0.2, 0) is 17.8 Å². The molecule has 1 aromatic heterocycles. The molecule has 2 amide bonds. The lowest BCUT2D eigenvalue weighted by atomic mass is 10.2. The summed E-state index contributed by atoms with van der Waals surface area (Å²) in [6.07, 6.45) is 2.40. The van der Waals surface area contributed by atoms with Crippen LogP contribution in [0.5, 0.6) is 0 Å². The predicted octanol–water partition coefficient (Wildman–Crippen LogP) is 3.07. The molecule has 7 nitrogen and oxygen atoms in total. The minimum absolute atomic E-state index is 0.204. The topological polar surface area (TPSA) is 71.4 Å². The molecule has 0 atom stereocenters. The van der Waals surface area contributed by atoms with Crippen molar-refractivity contribution in [1.82, 2.24) is 15.1 Å².